The van der Waals surface area contributed by atoms with Crippen LogP contribution in [0.1, 0.15) is 0 Å². The number of nitrogens with zero attached hydrogens (tertiary/aromatic N) is 3. The lowest BCUT2D eigenvalue weighted by atomic mass is 10.3. The van der Waals surface area contributed by atoms with Crippen molar-refractivity contribution in [1.82, 2.24) is 9.88 Å². The fourth-order valence-electron chi connectivity index (χ4n) is 2.28. The van der Waals surface area contributed by atoms with Gasteiger partial charge in [-0.05, 0) is 12.1 Å². The van der Waals surface area contributed by atoms with Gasteiger partial charge in [0.25, 0.3) is 0 Å². The van der Waals surface area contributed by atoms with Crippen molar-refractivity contribution in [1.29, 1.82) is 0 Å². The predicted molar refractivity (Wildman–Crippen MR) is 74.2 cm³/mol. The molecule has 0 saturated carbocycles. The van der Waals surface area contributed by atoms with Crippen LogP contribution in [-0.4, -0.2) is 49.3 Å². The first-order valence-electron chi connectivity index (χ1n) is 6.25. The summed E-state index contributed by atoms with van der Waals surface area (Å²) in [6, 6.07) is 8.22. The molecule has 0 unspecified atom stereocenters. The molecule has 0 aliphatic carbocycles. The zero-order valence-corrected chi connectivity index (χ0v) is 11.0. The van der Waals surface area contributed by atoms with Gasteiger partial charge in [-0.2, -0.15) is 0 Å². The van der Waals surface area contributed by atoms with Crippen molar-refractivity contribution in [2.45, 2.75) is 0 Å². The van der Waals surface area contributed by atoms with E-state index in [9.17, 15) is 4.39 Å². The number of anilines is 1. The fraction of sp³-hybridized carbons (Fsp3) is 0.462. The Morgan fingerprint density at radius 1 is 1.17 bits per heavy atom. The predicted octanol–water partition coefficient (Wildman–Crippen LogP) is 2.39. The minimum atomic E-state index is -0.249. The second kappa shape index (κ2) is 5.20. The normalized spacial score (nSPS) is 17.5. The minimum absolute atomic E-state index is 0.249. The first kappa shape index (κ1) is 11.9. The molecule has 0 N–H and O–H groups in total. The van der Waals surface area contributed by atoms with Crippen molar-refractivity contribution >= 4 is 26.7 Å². The highest BCUT2D eigenvalue weighted by Gasteiger charge is 2.19. The van der Waals surface area contributed by atoms with Crippen LogP contribution in [0.15, 0.2) is 24.3 Å². The standard InChI is InChI=1S/C13H16FN3S/c14-5-6-16-7-9-17(10-8-16)13-15-11-3-1-2-4-12(11)18-13/h1-4H,5-10H2. The summed E-state index contributed by atoms with van der Waals surface area (Å²) in [5, 5.41) is 1.09. The second-order valence-electron chi connectivity index (χ2n) is 4.48. The average molecular weight is 265 g/mol. The van der Waals surface area contributed by atoms with Gasteiger partial charge in [0.1, 0.15) is 6.67 Å². The largest absolute Gasteiger partial charge is 0.345 e. The summed E-state index contributed by atoms with van der Waals surface area (Å²) in [4.78, 5) is 9.13. The highest BCUT2D eigenvalue weighted by atomic mass is 32.1. The molecule has 1 saturated heterocycles. The quantitative estimate of drug-likeness (QED) is 0.849. The van der Waals surface area contributed by atoms with Crippen LogP contribution in [-0.2, 0) is 0 Å². The topological polar surface area (TPSA) is 19.4 Å². The minimum Gasteiger partial charge on any atom is -0.345 e. The summed E-state index contributed by atoms with van der Waals surface area (Å²) in [6.07, 6.45) is 0. The van der Waals surface area contributed by atoms with Gasteiger partial charge in [-0.1, -0.05) is 23.5 Å². The summed E-state index contributed by atoms with van der Waals surface area (Å²) in [7, 11) is 0. The van der Waals surface area contributed by atoms with Crippen LogP contribution in [0.4, 0.5) is 9.52 Å². The van der Waals surface area contributed by atoms with Crippen molar-refractivity contribution in [3.8, 4) is 0 Å². The lowest BCUT2D eigenvalue weighted by Crippen LogP contribution is -2.46. The van der Waals surface area contributed by atoms with E-state index in [-0.39, 0.29) is 6.67 Å². The third-order valence-electron chi connectivity index (χ3n) is 3.33. The Morgan fingerprint density at radius 3 is 2.67 bits per heavy atom. The number of hydrogen-bond donors (Lipinski definition) is 0. The maximum atomic E-state index is 12.3. The van der Waals surface area contributed by atoms with Crippen LogP contribution in [0.25, 0.3) is 10.2 Å². The smallest absolute Gasteiger partial charge is 0.186 e. The molecule has 2 heterocycles. The van der Waals surface area contributed by atoms with Crippen LogP contribution >= 0.6 is 11.3 Å². The monoisotopic (exact) mass is 265 g/mol. The van der Waals surface area contributed by atoms with Gasteiger partial charge in [0.15, 0.2) is 5.13 Å². The number of halogens is 1. The van der Waals surface area contributed by atoms with Gasteiger partial charge in [-0.25, -0.2) is 9.37 Å². The zero-order valence-electron chi connectivity index (χ0n) is 10.2. The van der Waals surface area contributed by atoms with Crippen LogP contribution < -0.4 is 4.90 Å². The van der Waals surface area contributed by atoms with Gasteiger partial charge in [0, 0.05) is 32.7 Å². The Morgan fingerprint density at radius 2 is 1.94 bits per heavy atom. The van der Waals surface area contributed by atoms with Crippen molar-refractivity contribution in [3.63, 3.8) is 0 Å². The molecule has 1 aromatic heterocycles. The van der Waals surface area contributed by atoms with E-state index in [0.29, 0.717) is 6.54 Å². The zero-order chi connectivity index (χ0) is 12.4. The van der Waals surface area contributed by atoms with Gasteiger partial charge in [0.2, 0.25) is 0 Å². The van der Waals surface area contributed by atoms with Gasteiger partial charge in [0.05, 0.1) is 10.2 Å². The maximum absolute atomic E-state index is 12.3. The van der Waals surface area contributed by atoms with Gasteiger partial charge in [-0.15, -0.1) is 0 Å². The Kier molecular flexibility index (Phi) is 3.43. The Hall–Kier alpha value is -1.20. The molecule has 0 radical (unpaired) electrons. The van der Waals surface area contributed by atoms with Crippen molar-refractivity contribution in [2.75, 3.05) is 44.3 Å². The molecule has 1 fully saturated rings. The number of alkyl halides is 1. The molecule has 18 heavy (non-hydrogen) atoms. The summed E-state index contributed by atoms with van der Waals surface area (Å²) in [5.41, 5.74) is 1.07. The number of thiazole rings is 1. The molecule has 5 heteroatoms. The van der Waals surface area contributed by atoms with Gasteiger partial charge < -0.3 is 4.90 Å². The van der Waals surface area contributed by atoms with Crippen LogP contribution in [0.3, 0.4) is 0 Å². The number of benzene rings is 1. The molecular weight excluding hydrogens is 249 g/mol. The molecule has 96 valence electrons. The highest BCUT2D eigenvalue weighted by molar-refractivity contribution is 7.22. The van der Waals surface area contributed by atoms with Crippen molar-refractivity contribution in [3.05, 3.63) is 24.3 Å². The third-order valence-corrected chi connectivity index (χ3v) is 4.42. The Bertz CT molecular complexity index is 487. The molecular formula is C13H16FN3S. The van der Waals surface area contributed by atoms with E-state index < -0.39 is 0 Å². The number of fused-ring (bicyclic) bond motifs is 1. The van der Waals surface area contributed by atoms with E-state index in [1.807, 2.05) is 12.1 Å². The average Bonchev–Trinajstić information content (AvgIpc) is 2.84. The second-order valence-corrected chi connectivity index (χ2v) is 5.49. The number of aromatic nitrogens is 1. The Labute approximate surface area is 110 Å². The molecule has 3 rings (SSSR count). The van der Waals surface area contributed by atoms with E-state index in [0.717, 1.165) is 36.8 Å². The molecule has 0 bridgehead atoms. The molecule has 0 amide bonds. The lowest BCUT2D eigenvalue weighted by Gasteiger charge is -2.33. The molecule has 1 aliphatic rings. The van der Waals surface area contributed by atoms with Crippen molar-refractivity contribution < 1.29 is 4.39 Å². The van der Waals surface area contributed by atoms with Gasteiger partial charge in [-0.3, -0.25) is 4.90 Å². The molecule has 1 aromatic carbocycles. The summed E-state index contributed by atoms with van der Waals surface area (Å²) in [5.74, 6) is 0. The molecule has 0 spiro atoms. The molecule has 3 nitrogen and oxygen atoms in total. The molecule has 2 aromatic rings. The summed E-state index contributed by atoms with van der Waals surface area (Å²) in [6.45, 7) is 4.06. The van der Waals surface area contributed by atoms with Crippen LogP contribution in [0.5, 0.6) is 0 Å². The number of hydrogen-bond acceptors (Lipinski definition) is 4. The first-order chi connectivity index (χ1) is 8.86. The number of para-hydroxylation sites is 1. The van der Waals surface area contributed by atoms with E-state index in [4.69, 9.17) is 0 Å². The molecule has 1 aliphatic heterocycles. The Balaban J connectivity index is 1.72. The van der Waals surface area contributed by atoms with Crippen LogP contribution in [0, 0.1) is 0 Å². The third kappa shape index (κ3) is 2.33. The van der Waals surface area contributed by atoms with Crippen LogP contribution in [0.2, 0.25) is 0 Å². The fourth-order valence-corrected chi connectivity index (χ4v) is 3.29. The number of piperazine rings is 1. The van der Waals surface area contributed by atoms with Gasteiger partial charge >= 0.3 is 0 Å². The van der Waals surface area contributed by atoms with E-state index in [1.54, 1.807) is 11.3 Å². The maximum Gasteiger partial charge on any atom is 0.186 e. The lowest BCUT2D eigenvalue weighted by molar-refractivity contribution is 0.235. The first-order valence-corrected chi connectivity index (χ1v) is 7.07. The van der Waals surface area contributed by atoms with E-state index in [1.165, 1.54) is 4.70 Å². The van der Waals surface area contributed by atoms with Crippen molar-refractivity contribution in [2.24, 2.45) is 0 Å². The van der Waals surface area contributed by atoms with E-state index in [2.05, 4.69) is 26.9 Å². The summed E-state index contributed by atoms with van der Waals surface area (Å²) >= 11 is 1.74. The summed E-state index contributed by atoms with van der Waals surface area (Å²) < 4.78 is 13.5. The van der Waals surface area contributed by atoms with E-state index >= 15 is 0 Å². The molecule has 0 atom stereocenters. The number of rotatable bonds is 3. The highest BCUT2D eigenvalue weighted by Crippen LogP contribution is 2.28. The SMILES string of the molecule is FCCN1CCN(c2nc3ccccc3s2)CC1.